The quantitative estimate of drug-likeness (QED) is 0.245. The molecule has 0 aliphatic rings. The highest BCUT2D eigenvalue weighted by Gasteiger charge is 2.22. The Morgan fingerprint density at radius 3 is 2.53 bits per heavy atom. The van der Waals surface area contributed by atoms with Crippen LogP contribution in [0.3, 0.4) is 0 Å². The molecule has 0 aliphatic heterocycles. The molecule has 0 saturated heterocycles. The summed E-state index contributed by atoms with van der Waals surface area (Å²) in [6, 6.07) is -1.99. The Kier molecular flexibility index (Phi) is 6.39. The molecule has 2 atom stereocenters. The SMILES string of the molecule is C[C@H](N)C(=O)N[C@@H](CCC(=O)C=[N+]=N)C(=O)O. The maximum absolute atomic E-state index is 11.2. The minimum atomic E-state index is -1.24. The maximum Gasteiger partial charge on any atom is 0.372 e. The van der Waals surface area contributed by atoms with E-state index in [1.807, 2.05) is 0 Å². The van der Waals surface area contributed by atoms with E-state index in [1.54, 1.807) is 0 Å². The summed E-state index contributed by atoms with van der Waals surface area (Å²) in [6.45, 7) is 1.42. The Hall–Kier alpha value is -2.05. The molecule has 0 fully saturated rings. The van der Waals surface area contributed by atoms with E-state index in [4.69, 9.17) is 16.4 Å². The second-order valence-corrected chi connectivity index (χ2v) is 3.45. The van der Waals surface area contributed by atoms with Gasteiger partial charge in [-0.25, -0.2) is 4.79 Å². The molecular weight excluding hydrogens is 228 g/mol. The summed E-state index contributed by atoms with van der Waals surface area (Å²) < 4.78 is 0. The Morgan fingerprint density at radius 2 is 2.12 bits per heavy atom. The van der Waals surface area contributed by atoms with Crippen molar-refractivity contribution in [3.63, 3.8) is 0 Å². The van der Waals surface area contributed by atoms with Crippen LogP contribution in [0, 0.1) is 5.53 Å². The van der Waals surface area contributed by atoms with Gasteiger partial charge in [-0.15, -0.1) is 0 Å². The first-order chi connectivity index (χ1) is 7.88. The fraction of sp³-hybridized carbons (Fsp3) is 0.556. The fourth-order valence-corrected chi connectivity index (χ4v) is 0.984. The van der Waals surface area contributed by atoms with E-state index < -0.39 is 29.7 Å². The number of hydrogen-bond acceptors (Lipinski definition) is 5. The van der Waals surface area contributed by atoms with Crippen LogP contribution in [0.2, 0.25) is 0 Å². The molecule has 0 unspecified atom stereocenters. The number of amides is 1. The average Bonchev–Trinajstić information content (AvgIpc) is 2.23. The zero-order valence-corrected chi connectivity index (χ0v) is 9.34. The molecule has 5 N–H and O–H groups in total. The average molecular weight is 243 g/mol. The lowest BCUT2D eigenvalue weighted by atomic mass is 10.1. The first-order valence-electron chi connectivity index (χ1n) is 4.89. The lowest BCUT2D eigenvalue weighted by Crippen LogP contribution is -2.47. The third-order valence-electron chi connectivity index (χ3n) is 1.92. The summed E-state index contributed by atoms with van der Waals surface area (Å²) in [5.74, 6) is -2.31. The number of Topliss-reactive ketones (excluding diaryl/α,β-unsaturated/α-hetero) is 1. The molecule has 17 heavy (non-hydrogen) atoms. The van der Waals surface area contributed by atoms with E-state index >= 15 is 0 Å². The molecule has 94 valence electrons. The van der Waals surface area contributed by atoms with E-state index in [9.17, 15) is 14.4 Å². The van der Waals surface area contributed by atoms with Crippen molar-refractivity contribution in [2.24, 2.45) is 5.73 Å². The van der Waals surface area contributed by atoms with Crippen LogP contribution in [0.5, 0.6) is 0 Å². The van der Waals surface area contributed by atoms with Crippen LogP contribution >= 0.6 is 0 Å². The first kappa shape index (κ1) is 14.9. The highest BCUT2D eigenvalue weighted by atomic mass is 16.4. The standard InChI is InChI=1S/C9H14N4O4/c1-5(10)8(15)13-7(9(16)17)3-2-6(14)4-12-11/h4-5,7,11H,2-3,10H2,1H3,(H-,13,15,16,17)/p+1/t5-,7-/m0/s1. The fourth-order valence-electron chi connectivity index (χ4n) is 0.984. The van der Waals surface area contributed by atoms with Gasteiger partial charge in [-0.2, -0.15) is 0 Å². The van der Waals surface area contributed by atoms with E-state index in [2.05, 4.69) is 10.1 Å². The van der Waals surface area contributed by atoms with Crippen LogP contribution < -0.4 is 11.1 Å². The lowest BCUT2D eigenvalue weighted by Gasteiger charge is -2.14. The van der Waals surface area contributed by atoms with Gasteiger partial charge in [-0.1, -0.05) is 0 Å². The summed E-state index contributed by atoms with van der Waals surface area (Å²) in [4.78, 5) is 35.7. The second-order valence-electron chi connectivity index (χ2n) is 3.45. The van der Waals surface area contributed by atoms with Crippen molar-refractivity contribution in [1.82, 2.24) is 5.32 Å². The van der Waals surface area contributed by atoms with Gasteiger partial charge in [0.05, 0.1) is 16.4 Å². The van der Waals surface area contributed by atoms with E-state index in [1.165, 1.54) is 6.92 Å². The van der Waals surface area contributed by atoms with Crippen molar-refractivity contribution in [1.29, 1.82) is 5.53 Å². The van der Waals surface area contributed by atoms with Crippen LogP contribution in [-0.4, -0.2) is 45.9 Å². The number of nitrogens with one attached hydrogen (secondary N) is 2. The largest absolute Gasteiger partial charge is 0.480 e. The number of carboxylic acid groups (broad SMARTS) is 1. The molecule has 0 aliphatic carbocycles. The Balaban J connectivity index is 4.35. The topological polar surface area (TPSA) is 147 Å². The number of hydrogen-bond donors (Lipinski definition) is 4. The number of aliphatic carboxylic acids is 1. The summed E-state index contributed by atoms with van der Waals surface area (Å²) in [6.07, 6.45) is 0.601. The maximum atomic E-state index is 11.2. The molecule has 1 amide bonds. The summed E-state index contributed by atoms with van der Waals surface area (Å²) in [5.41, 5.74) is 11.7. The van der Waals surface area contributed by atoms with Crippen molar-refractivity contribution >= 4 is 23.9 Å². The predicted octanol–water partition coefficient (Wildman–Crippen LogP) is -1.44. The molecule has 8 nitrogen and oxygen atoms in total. The number of carbonyl (C=O) groups excluding carboxylic acids is 2. The monoisotopic (exact) mass is 243 g/mol. The highest BCUT2D eigenvalue weighted by Crippen LogP contribution is 1.98. The van der Waals surface area contributed by atoms with Gasteiger partial charge >= 0.3 is 12.2 Å². The molecule has 0 spiro atoms. The Bertz CT molecular complexity index is 360. The zero-order valence-electron chi connectivity index (χ0n) is 9.34. The molecule has 0 aromatic heterocycles. The summed E-state index contributed by atoms with van der Waals surface area (Å²) in [7, 11) is 0. The van der Waals surface area contributed by atoms with Crippen molar-refractivity contribution < 1.29 is 24.3 Å². The van der Waals surface area contributed by atoms with Crippen LogP contribution in [0.1, 0.15) is 19.8 Å². The van der Waals surface area contributed by atoms with E-state index in [-0.39, 0.29) is 12.8 Å². The van der Waals surface area contributed by atoms with Crippen molar-refractivity contribution in [3.8, 4) is 0 Å². The first-order valence-corrected chi connectivity index (χ1v) is 4.89. The van der Waals surface area contributed by atoms with Gasteiger partial charge in [0.1, 0.15) is 6.04 Å². The molecule has 0 heterocycles. The molecular formula is C9H15N4O4+. The number of rotatable bonds is 7. The van der Waals surface area contributed by atoms with Gasteiger partial charge in [0.25, 0.3) is 0 Å². The van der Waals surface area contributed by atoms with Gasteiger partial charge in [0.2, 0.25) is 11.7 Å². The number of carboxylic acids is 1. The van der Waals surface area contributed by atoms with Gasteiger partial charge < -0.3 is 16.2 Å². The molecule has 0 saturated carbocycles. The molecule has 0 rings (SSSR count). The Morgan fingerprint density at radius 1 is 1.53 bits per heavy atom. The van der Waals surface area contributed by atoms with Crippen LogP contribution in [-0.2, 0) is 14.4 Å². The smallest absolute Gasteiger partial charge is 0.372 e. The van der Waals surface area contributed by atoms with Crippen LogP contribution in [0.25, 0.3) is 0 Å². The van der Waals surface area contributed by atoms with Gasteiger partial charge in [0.15, 0.2) is 0 Å². The third-order valence-corrected chi connectivity index (χ3v) is 1.92. The number of ketones is 1. The zero-order chi connectivity index (χ0) is 13.4. The van der Waals surface area contributed by atoms with Crippen LogP contribution in [0.15, 0.2) is 0 Å². The van der Waals surface area contributed by atoms with Crippen molar-refractivity contribution in [2.75, 3.05) is 0 Å². The van der Waals surface area contributed by atoms with Gasteiger partial charge in [-0.05, 0) is 13.3 Å². The molecule has 8 heteroatoms. The molecule has 0 aromatic rings. The van der Waals surface area contributed by atoms with Gasteiger partial charge in [0, 0.05) is 6.42 Å². The van der Waals surface area contributed by atoms with Crippen molar-refractivity contribution in [3.05, 3.63) is 0 Å². The number of nitrogens with two attached hydrogens (primary N) is 1. The summed E-state index contributed by atoms with van der Waals surface area (Å²) >= 11 is 0. The predicted molar refractivity (Wildman–Crippen MR) is 56.5 cm³/mol. The van der Waals surface area contributed by atoms with Gasteiger partial charge in [-0.3, -0.25) is 9.59 Å². The van der Waals surface area contributed by atoms with Crippen molar-refractivity contribution in [2.45, 2.75) is 31.8 Å². The van der Waals surface area contributed by atoms with E-state index in [0.29, 0.717) is 0 Å². The highest BCUT2D eigenvalue weighted by molar-refractivity contribution is 6.25. The summed E-state index contributed by atoms with van der Waals surface area (Å²) in [5, 5.41) is 11.0. The minimum absolute atomic E-state index is 0.0708. The lowest BCUT2D eigenvalue weighted by molar-refractivity contribution is -0.142. The molecule has 0 radical (unpaired) electrons. The minimum Gasteiger partial charge on any atom is -0.480 e. The second kappa shape index (κ2) is 7.26. The van der Waals surface area contributed by atoms with Crippen LogP contribution in [0.4, 0.5) is 0 Å². The molecule has 0 aromatic carbocycles. The number of carbonyl (C=O) groups is 3. The van der Waals surface area contributed by atoms with E-state index in [0.717, 1.165) is 6.21 Å². The Labute approximate surface area is 97.4 Å². The molecule has 0 bridgehead atoms. The number of nitrogens with zero attached hydrogens (tertiary/aromatic N) is 1. The third kappa shape index (κ3) is 6.18. The normalized spacial score (nSPS) is 13.1.